The first-order valence-corrected chi connectivity index (χ1v) is 5.25. The molecule has 1 aromatic heterocycles. The number of nitrogens with zero attached hydrogens (tertiary/aromatic N) is 2. The Kier molecular flexibility index (Phi) is 2.91. The Hall–Kier alpha value is -1.49. The first-order chi connectivity index (χ1) is 7.31. The average Bonchev–Trinajstić information content (AvgIpc) is 2.66. The SMILES string of the molecule is CCOc1nsnc1-c1cccc(F)c1. The molecule has 2 aromatic rings. The lowest BCUT2D eigenvalue weighted by molar-refractivity contribution is 0.331. The first-order valence-electron chi connectivity index (χ1n) is 4.52. The van der Waals surface area contributed by atoms with E-state index in [1.54, 1.807) is 12.1 Å². The standard InChI is InChI=1S/C10H9FN2OS/c1-2-14-10-9(12-15-13-10)7-4-3-5-8(11)6-7/h3-6H,2H2,1H3. The molecule has 78 valence electrons. The number of halogens is 1. The van der Waals surface area contributed by atoms with Crippen molar-refractivity contribution in [3.63, 3.8) is 0 Å². The van der Waals surface area contributed by atoms with Crippen molar-refractivity contribution in [2.75, 3.05) is 6.61 Å². The second-order valence-electron chi connectivity index (χ2n) is 2.86. The van der Waals surface area contributed by atoms with Gasteiger partial charge in [0.1, 0.15) is 11.5 Å². The summed E-state index contributed by atoms with van der Waals surface area (Å²) in [5.41, 5.74) is 1.29. The van der Waals surface area contributed by atoms with E-state index in [9.17, 15) is 4.39 Å². The summed E-state index contributed by atoms with van der Waals surface area (Å²) < 4.78 is 26.4. The third kappa shape index (κ3) is 2.12. The lowest BCUT2D eigenvalue weighted by Gasteiger charge is -2.01. The number of hydrogen-bond acceptors (Lipinski definition) is 4. The quantitative estimate of drug-likeness (QED) is 0.804. The summed E-state index contributed by atoms with van der Waals surface area (Å²) in [4.78, 5) is 0. The second kappa shape index (κ2) is 4.35. The van der Waals surface area contributed by atoms with Crippen LogP contribution in [-0.2, 0) is 0 Å². The van der Waals surface area contributed by atoms with Gasteiger partial charge in [0.2, 0.25) is 0 Å². The van der Waals surface area contributed by atoms with Gasteiger partial charge in [0.05, 0.1) is 18.3 Å². The molecule has 0 radical (unpaired) electrons. The van der Waals surface area contributed by atoms with Gasteiger partial charge in [-0.3, -0.25) is 0 Å². The highest BCUT2D eigenvalue weighted by Crippen LogP contribution is 2.27. The van der Waals surface area contributed by atoms with E-state index < -0.39 is 0 Å². The molecule has 0 aliphatic carbocycles. The summed E-state index contributed by atoms with van der Waals surface area (Å²) in [7, 11) is 0. The molecule has 0 amide bonds. The lowest BCUT2D eigenvalue weighted by atomic mass is 10.1. The van der Waals surface area contributed by atoms with Crippen LogP contribution in [0.4, 0.5) is 4.39 Å². The van der Waals surface area contributed by atoms with Crippen LogP contribution >= 0.6 is 11.7 Å². The van der Waals surface area contributed by atoms with E-state index in [2.05, 4.69) is 8.75 Å². The van der Waals surface area contributed by atoms with E-state index in [1.165, 1.54) is 12.1 Å². The highest BCUT2D eigenvalue weighted by atomic mass is 32.1. The highest BCUT2D eigenvalue weighted by molar-refractivity contribution is 6.99. The van der Waals surface area contributed by atoms with Gasteiger partial charge in [0.15, 0.2) is 0 Å². The van der Waals surface area contributed by atoms with Gasteiger partial charge >= 0.3 is 0 Å². The Bertz CT molecular complexity index is 458. The van der Waals surface area contributed by atoms with Crippen LogP contribution in [0, 0.1) is 5.82 Å². The van der Waals surface area contributed by atoms with Gasteiger partial charge in [-0.1, -0.05) is 12.1 Å². The number of ether oxygens (including phenoxy) is 1. The van der Waals surface area contributed by atoms with Gasteiger partial charge in [-0.2, -0.15) is 4.37 Å². The Morgan fingerprint density at radius 3 is 3.00 bits per heavy atom. The molecule has 1 heterocycles. The van der Waals surface area contributed by atoms with Gasteiger partial charge in [-0.05, 0) is 19.1 Å². The molecule has 0 spiro atoms. The van der Waals surface area contributed by atoms with Crippen molar-refractivity contribution in [2.45, 2.75) is 6.92 Å². The number of benzene rings is 1. The van der Waals surface area contributed by atoms with E-state index in [0.717, 1.165) is 11.7 Å². The van der Waals surface area contributed by atoms with Crippen molar-refractivity contribution in [1.29, 1.82) is 0 Å². The minimum Gasteiger partial charge on any atom is -0.476 e. The number of aromatic nitrogens is 2. The van der Waals surface area contributed by atoms with Crippen molar-refractivity contribution >= 4 is 11.7 Å². The molecule has 0 bridgehead atoms. The Balaban J connectivity index is 2.40. The van der Waals surface area contributed by atoms with Gasteiger partial charge in [-0.25, -0.2) is 4.39 Å². The van der Waals surface area contributed by atoms with E-state index in [4.69, 9.17) is 4.74 Å². The van der Waals surface area contributed by atoms with Crippen LogP contribution in [0.3, 0.4) is 0 Å². The molecule has 1 aromatic carbocycles. The maximum absolute atomic E-state index is 13.0. The Morgan fingerprint density at radius 1 is 1.40 bits per heavy atom. The number of hydrogen-bond donors (Lipinski definition) is 0. The molecule has 0 N–H and O–H groups in total. The largest absolute Gasteiger partial charge is 0.476 e. The molecule has 3 nitrogen and oxygen atoms in total. The van der Waals surface area contributed by atoms with Gasteiger partial charge < -0.3 is 4.74 Å². The van der Waals surface area contributed by atoms with Crippen LogP contribution in [0.2, 0.25) is 0 Å². The fourth-order valence-corrected chi connectivity index (χ4v) is 1.74. The fourth-order valence-electron chi connectivity index (χ4n) is 1.22. The van der Waals surface area contributed by atoms with E-state index in [-0.39, 0.29) is 5.82 Å². The third-order valence-electron chi connectivity index (χ3n) is 1.84. The van der Waals surface area contributed by atoms with Gasteiger partial charge in [0, 0.05) is 5.56 Å². The van der Waals surface area contributed by atoms with Gasteiger partial charge in [-0.15, -0.1) is 4.37 Å². The van der Waals surface area contributed by atoms with Crippen LogP contribution in [-0.4, -0.2) is 15.4 Å². The predicted octanol–water partition coefficient (Wildman–Crippen LogP) is 2.74. The maximum atomic E-state index is 13.0. The van der Waals surface area contributed by atoms with Crippen molar-refractivity contribution in [3.8, 4) is 17.1 Å². The second-order valence-corrected chi connectivity index (χ2v) is 3.39. The van der Waals surface area contributed by atoms with E-state index >= 15 is 0 Å². The van der Waals surface area contributed by atoms with Gasteiger partial charge in [0.25, 0.3) is 5.88 Å². The molecule has 0 fully saturated rings. The molecule has 0 saturated heterocycles. The Labute approximate surface area is 90.9 Å². The van der Waals surface area contributed by atoms with Crippen molar-refractivity contribution < 1.29 is 9.13 Å². The van der Waals surface area contributed by atoms with Crippen LogP contribution in [0.1, 0.15) is 6.92 Å². The predicted molar refractivity (Wildman–Crippen MR) is 56.5 cm³/mol. The molecule has 15 heavy (non-hydrogen) atoms. The smallest absolute Gasteiger partial charge is 0.253 e. The summed E-state index contributed by atoms with van der Waals surface area (Å²) >= 11 is 1.06. The zero-order valence-corrected chi connectivity index (χ0v) is 8.92. The molecule has 0 saturated carbocycles. The highest BCUT2D eigenvalue weighted by Gasteiger charge is 2.11. The minimum atomic E-state index is -0.289. The number of rotatable bonds is 3. The van der Waals surface area contributed by atoms with Crippen LogP contribution in [0.15, 0.2) is 24.3 Å². The third-order valence-corrected chi connectivity index (χ3v) is 2.35. The topological polar surface area (TPSA) is 35.0 Å². The maximum Gasteiger partial charge on any atom is 0.253 e. The normalized spacial score (nSPS) is 10.3. The summed E-state index contributed by atoms with van der Waals surface area (Å²) in [5, 5.41) is 0. The summed E-state index contributed by atoms with van der Waals surface area (Å²) in [5.74, 6) is 0.177. The summed E-state index contributed by atoms with van der Waals surface area (Å²) in [6.45, 7) is 2.39. The van der Waals surface area contributed by atoms with Crippen LogP contribution in [0.25, 0.3) is 11.3 Å². The molecule has 0 atom stereocenters. The summed E-state index contributed by atoms with van der Waals surface area (Å²) in [6.07, 6.45) is 0. The zero-order chi connectivity index (χ0) is 10.7. The molecule has 0 aliphatic rings. The first kappa shape index (κ1) is 10.0. The van der Waals surface area contributed by atoms with E-state index in [0.29, 0.717) is 23.7 Å². The molecular formula is C10H9FN2OS. The monoisotopic (exact) mass is 224 g/mol. The minimum absolute atomic E-state index is 0.289. The molecule has 0 aliphatic heterocycles. The van der Waals surface area contributed by atoms with E-state index in [1.807, 2.05) is 6.92 Å². The fraction of sp³-hybridized carbons (Fsp3) is 0.200. The Morgan fingerprint density at radius 2 is 2.27 bits per heavy atom. The molecule has 0 unspecified atom stereocenters. The molecular weight excluding hydrogens is 215 g/mol. The average molecular weight is 224 g/mol. The summed E-state index contributed by atoms with van der Waals surface area (Å²) in [6, 6.07) is 6.23. The van der Waals surface area contributed by atoms with Crippen molar-refractivity contribution in [1.82, 2.24) is 8.75 Å². The van der Waals surface area contributed by atoms with Crippen molar-refractivity contribution in [2.24, 2.45) is 0 Å². The molecule has 2 rings (SSSR count). The lowest BCUT2D eigenvalue weighted by Crippen LogP contribution is -1.93. The molecule has 5 heteroatoms. The van der Waals surface area contributed by atoms with Crippen molar-refractivity contribution in [3.05, 3.63) is 30.1 Å². The van der Waals surface area contributed by atoms with Crippen LogP contribution in [0.5, 0.6) is 5.88 Å². The van der Waals surface area contributed by atoms with Crippen LogP contribution < -0.4 is 4.74 Å². The zero-order valence-electron chi connectivity index (χ0n) is 8.11.